The first-order valence-electron chi connectivity index (χ1n) is 5.66. The molecule has 90 valence electrons. The Kier molecular flexibility index (Phi) is 7.73. The molecule has 0 spiro atoms. The van der Waals surface area contributed by atoms with Gasteiger partial charge in [0.1, 0.15) is 0 Å². The minimum absolute atomic E-state index is 0.0716. The van der Waals surface area contributed by atoms with Gasteiger partial charge in [-0.2, -0.15) is 0 Å². The average Bonchev–Trinajstić information content (AvgIpc) is 2.33. The van der Waals surface area contributed by atoms with Gasteiger partial charge in [-0.1, -0.05) is 39.0 Å². The normalized spacial score (nSPS) is 20.1. The number of thioether (sulfide) groups is 1. The van der Waals surface area contributed by atoms with Gasteiger partial charge in [-0.15, -0.1) is 11.8 Å². The molecular weight excluding hydrogens is 218 g/mol. The summed E-state index contributed by atoms with van der Waals surface area (Å²) in [5, 5.41) is 2.84. The van der Waals surface area contributed by atoms with Crippen LogP contribution in [0.1, 0.15) is 34.1 Å². The number of amides is 1. The molecule has 0 bridgehead atoms. The Morgan fingerprint density at radius 2 is 2.19 bits per heavy atom. The second kappa shape index (κ2) is 8.22. The van der Waals surface area contributed by atoms with E-state index in [-0.39, 0.29) is 5.91 Å². The molecule has 0 aromatic rings. The Morgan fingerprint density at radius 3 is 2.69 bits per heavy atom. The van der Waals surface area contributed by atoms with Crippen LogP contribution in [0, 0.1) is 0 Å². The highest BCUT2D eigenvalue weighted by Gasteiger charge is 2.16. The second-order valence-corrected chi connectivity index (χ2v) is 4.08. The lowest BCUT2D eigenvalue weighted by Gasteiger charge is -2.18. The molecule has 1 heterocycles. The highest BCUT2D eigenvalue weighted by molar-refractivity contribution is 8.04. The fourth-order valence-electron chi connectivity index (χ4n) is 1.09. The first-order chi connectivity index (χ1) is 7.67. The zero-order valence-corrected chi connectivity index (χ0v) is 11.4. The smallest absolute Gasteiger partial charge is 0.234 e. The highest BCUT2D eigenvalue weighted by atomic mass is 32.2. The van der Waals surface area contributed by atoms with E-state index in [1.165, 1.54) is 0 Å². The second-order valence-electron chi connectivity index (χ2n) is 3.06. The third-order valence-corrected chi connectivity index (χ3v) is 3.03. The van der Waals surface area contributed by atoms with Crippen LogP contribution in [0.4, 0.5) is 0 Å². The molecule has 1 fully saturated rings. The van der Waals surface area contributed by atoms with Gasteiger partial charge in [0.05, 0.1) is 11.4 Å². The van der Waals surface area contributed by atoms with Crippen molar-refractivity contribution in [1.82, 2.24) is 5.32 Å². The highest BCUT2D eigenvalue weighted by Crippen LogP contribution is 2.27. The molecule has 0 radical (unpaired) electrons. The third kappa shape index (κ3) is 4.71. The Hall–Kier alpha value is -0.960. The van der Waals surface area contributed by atoms with E-state index in [9.17, 15) is 4.79 Å². The van der Waals surface area contributed by atoms with Crippen molar-refractivity contribution in [2.75, 3.05) is 5.75 Å². The van der Waals surface area contributed by atoms with Gasteiger partial charge in [0, 0.05) is 4.91 Å². The summed E-state index contributed by atoms with van der Waals surface area (Å²) in [6, 6.07) is 0. The number of nitrogens with one attached hydrogen (secondary N) is 1. The van der Waals surface area contributed by atoms with Gasteiger partial charge in [-0.3, -0.25) is 4.79 Å². The van der Waals surface area contributed by atoms with Crippen LogP contribution in [-0.2, 0) is 4.79 Å². The standard InChI is InChI=1S/C11H15NOS.C2H6/c1-4-8(3)6-10-9(5-2)12-11(13)7-14-10;1-2/h5-6H,3-4,7H2,1-2H3,(H,12,13);1-2H3/b9-5+,10-6+;. The summed E-state index contributed by atoms with van der Waals surface area (Å²) in [4.78, 5) is 12.2. The number of hydrogen-bond donors (Lipinski definition) is 1. The molecule has 2 nitrogen and oxygen atoms in total. The Labute approximate surface area is 103 Å². The summed E-state index contributed by atoms with van der Waals surface area (Å²) in [6.45, 7) is 11.9. The van der Waals surface area contributed by atoms with Crippen molar-refractivity contribution in [2.24, 2.45) is 0 Å². The quantitative estimate of drug-likeness (QED) is 0.797. The fourth-order valence-corrected chi connectivity index (χ4v) is 2.02. The molecule has 1 aliphatic heterocycles. The van der Waals surface area contributed by atoms with E-state index in [0.717, 1.165) is 22.6 Å². The van der Waals surface area contributed by atoms with Crippen molar-refractivity contribution in [2.45, 2.75) is 34.1 Å². The van der Waals surface area contributed by atoms with Crippen LogP contribution in [0.3, 0.4) is 0 Å². The molecule has 0 aromatic heterocycles. The maximum atomic E-state index is 11.1. The van der Waals surface area contributed by atoms with Crippen LogP contribution in [-0.4, -0.2) is 11.7 Å². The molecule has 0 unspecified atom stereocenters. The first kappa shape index (κ1) is 15.0. The van der Waals surface area contributed by atoms with Crippen molar-refractivity contribution >= 4 is 17.7 Å². The van der Waals surface area contributed by atoms with E-state index in [4.69, 9.17) is 0 Å². The maximum Gasteiger partial charge on any atom is 0.234 e. The lowest BCUT2D eigenvalue weighted by atomic mass is 10.2. The Balaban J connectivity index is 0.00000106. The molecule has 1 amide bonds. The fraction of sp³-hybridized carbons (Fsp3) is 0.462. The minimum atomic E-state index is 0.0716. The van der Waals surface area contributed by atoms with E-state index in [1.54, 1.807) is 11.8 Å². The first-order valence-corrected chi connectivity index (χ1v) is 6.64. The number of carbonyl (C=O) groups is 1. The van der Waals surface area contributed by atoms with E-state index >= 15 is 0 Å². The van der Waals surface area contributed by atoms with Gasteiger partial charge in [0.15, 0.2) is 0 Å². The zero-order chi connectivity index (χ0) is 12.6. The number of carbonyl (C=O) groups excluding carboxylic acids is 1. The molecule has 1 aliphatic rings. The minimum Gasteiger partial charge on any atom is -0.325 e. The van der Waals surface area contributed by atoms with Gasteiger partial charge in [-0.05, 0) is 19.4 Å². The lowest BCUT2D eigenvalue weighted by molar-refractivity contribution is -0.117. The summed E-state index contributed by atoms with van der Waals surface area (Å²) in [5.41, 5.74) is 1.99. The van der Waals surface area contributed by atoms with Crippen LogP contribution in [0.2, 0.25) is 0 Å². The van der Waals surface area contributed by atoms with E-state index < -0.39 is 0 Å². The molecule has 3 heteroatoms. The molecule has 0 atom stereocenters. The maximum absolute atomic E-state index is 11.1. The molecule has 0 aliphatic carbocycles. The molecule has 0 aromatic carbocycles. The molecule has 1 rings (SSSR count). The van der Waals surface area contributed by atoms with E-state index in [0.29, 0.717) is 5.75 Å². The molecule has 16 heavy (non-hydrogen) atoms. The van der Waals surface area contributed by atoms with E-state index in [1.807, 2.05) is 32.9 Å². The molecular formula is C13H21NOS. The summed E-state index contributed by atoms with van der Waals surface area (Å²) in [5.74, 6) is 0.572. The predicted molar refractivity (Wildman–Crippen MR) is 73.2 cm³/mol. The van der Waals surface area contributed by atoms with Gasteiger partial charge in [-0.25, -0.2) is 0 Å². The zero-order valence-electron chi connectivity index (χ0n) is 10.6. The SMILES string of the molecule is C=C(/C=C1/SCC(=O)N/C1=C/C)CC.CC. The monoisotopic (exact) mass is 239 g/mol. The number of hydrogen-bond acceptors (Lipinski definition) is 2. The van der Waals surface area contributed by atoms with Crippen molar-refractivity contribution in [1.29, 1.82) is 0 Å². The van der Waals surface area contributed by atoms with Crippen molar-refractivity contribution in [3.8, 4) is 0 Å². The Morgan fingerprint density at radius 1 is 1.56 bits per heavy atom. The topological polar surface area (TPSA) is 29.1 Å². The van der Waals surface area contributed by atoms with Crippen LogP contribution in [0.25, 0.3) is 0 Å². The van der Waals surface area contributed by atoms with E-state index in [2.05, 4.69) is 18.8 Å². The van der Waals surface area contributed by atoms with Crippen molar-refractivity contribution in [3.63, 3.8) is 0 Å². The third-order valence-electron chi connectivity index (χ3n) is 1.98. The molecule has 0 saturated carbocycles. The van der Waals surface area contributed by atoms with Gasteiger partial charge in [0.25, 0.3) is 0 Å². The summed E-state index contributed by atoms with van der Waals surface area (Å²) < 4.78 is 0. The van der Waals surface area contributed by atoms with Crippen LogP contribution < -0.4 is 5.32 Å². The molecule has 1 saturated heterocycles. The Bertz CT molecular complexity index is 316. The van der Waals surface area contributed by atoms with Crippen LogP contribution >= 0.6 is 11.8 Å². The number of rotatable bonds is 2. The van der Waals surface area contributed by atoms with Crippen molar-refractivity contribution in [3.05, 3.63) is 34.9 Å². The average molecular weight is 239 g/mol. The van der Waals surface area contributed by atoms with Gasteiger partial charge >= 0.3 is 0 Å². The largest absolute Gasteiger partial charge is 0.325 e. The summed E-state index contributed by atoms with van der Waals surface area (Å²) in [6.07, 6.45) is 4.90. The number of allylic oxidation sites excluding steroid dienone is 3. The predicted octanol–water partition coefficient (Wildman–Crippen LogP) is 3.63. The van der Waals surface area contributed by atoms with Crippen LogP contribution in [0.5, 0.6) is 0 Å². The molecule has 1 N–H and O–H groups in total. The lowest BCUT2D eigenvalue weighted by Crippen LogP contribution is -2.29. The van der Waals surface area contributed by atoms with Gasteiger partial charge in [0.2, 0.25) is 5.91 Å². The summed E-state index contributed by atoms with van der Waals surface area (Å²) in [7, 11) is 0. The van der Waals surface area contributed by atoms with Crippen molar-refractivity contribution < 1.29 is 4.79 Å². The van der Waals surface area contributed by atoms with Crippen LogP contribution in [0.15, 0.2) is 34.9 Å². The summed E-state index contributed by atoms with van der Waals surface area (Å²) >= 11 is 1.57. The van der Waals surface area contributed by atoms with Gasteiger partial charge < -0.3 is 5.32 Å².